The van der Waals surface area contributed by atoms with E-state index in [1.807, 2.05) is 5.32 Å². The van der Waals surface area contributed by atoms with Crippen LogP contribution in [0, 0.1) is 11.6 Å². The summed E-state index contributed by atoms with van der Waals surface area (Å²) < 4.78 is 25.4. The largest absolute Gasteiger partial charge is 0.480 e. The number of hydrogen-bond donors (Lipinski definition) is 3. The van der Waals surface area contributed by atoms with Crippen molar-refractivity contribution in [1.82, 2.24) is 5.32 Å². The van der Waals surface area contributed by atoms with Crippen molar-refractivity contribution in [3.05, 3.63) is 29.3 Å². The van der Waals surface area contributed by atoms with Crippen LogP contribution in [-0.2, 0) is 4.79 Å². The molecule has 0 unspecified atom stereocenters. The molecular formula is C9H8F2N2O3. The first-order valence-corrected chi connectivity index (χ1v) is 4.16. The number of carbonyl (C=O) groups is 2. The highest BCUT2D eigenvalue weighted by molar-refractivity contribution is 6.00. The third-order valence-corrected chi connectivity index (χ3v) is 1.74. The van der Waals surface area contributed by atoms with Crippen LogP contribution < -0.4 is 11.1 Å². The maximum Gasteiger partial charge on any atom is 0.322 e. The Bertz CT molecular complexity index is 449. The Hall–Kier alpha value is -2.18. The first-order valence-electron chi connectivity index (χ1n) is 4.16. The zero-order valence-electron chi connectivity index (χ0n) is 7.96. The number of anilines is 1. The van der Waals surface area contributed by atoms with Crippen molar-refractivity contribution in [3.63, 3.8) is 0 Å². The lowest BCUT2D eigenvalue weighted by Gasteiger charge is -2.06. The van der Waals surface area contributed by atoms with Gasteiger partial charge in [0.25, 0.3) is 5.91 Å². The molecule has 0 saturated carbocycles. The number of halogens is 2. The van der Waals surface area contributed by atoms with Gasteiger partial charge in [0, 0.05) is 11.8 Å². The molecular weight excluding hydrogens is 222 g/mol. The number of carbonyl (C=O) groups excluding carboxylic acids is 1. The smallest absolute Gasteiger partial charge is 0.322 e. The van der Waals surface area contributed by atoms with Gasteiger partial charge in [0.2, 0.25) is 0 Å². The molecule has 7 heteroatoms. The molecule has 86 valence electrons. The van der Waals surface area contributed by atoms with E-state index in [4.69, 9.17) is 10.8 Å². The van der Waals surface area contributed by atoms with Crippen molar-refractivity contribution in [1.29, 1.82) is 0 Å². The average Bonchev–Trinajstić information content (AvgIpc) is 2.20. The number of aliphatic carboxylic acids is 1. The number of nitrogen functional groups attached to an aromatic ring is 1. The molecule has 0 spiro atoms. The lowest BCUT2D eigenvalue weighted by molar-refractivity contribution is -0.135. The van der Waals surface area contributed by atoms with Gasteiger partial charge in [0.05, 0.1) is 5.56 Å². The first kappa shape index (κ1) is 11.9. The number of carboxylic acid groups (broad SMARTS) is 1. The monoisotopic (exact) mass is 230 g/mol. The first-order chi connectivity index (χ1) is 7.41. The molecule has 0 heterocycles. The molecule has 0 aliphatic carbocycles. The number of nitrogens with one attached hydrogen (secondary N) is 1. The molecule has 0 fully saturated rings. The molecule has 1 rings (SSSR count). The summed E-state index contributed by atoms with van der Waals surface area (Å²) in [6.45, 7) is -0.628. The number of amides is 1. The van der Waals surface area contributed by atoms with Gasteiger partial charge in [0.15, 0.2) is 11.6 Å². The third-order valence-electron chi connectivity index (χ3n) is 1.74. The van der Waals surface area contributed by atoms with Crippen LogP contribution in [0.25, 0.3) is 0 Å². The Morgan fingerprint density at radius 2 is 1.88 bits per heavy atom. The van der Waals surface area contributed by atoms with Gasteiger partial charge in [-0.15, -0.1) is 0 Å². The second kappa shape index (κ2) is 4.56. The molecule has 4 N–H and O–H groups in total. The normalized spacial score (nSPS) is 9.88. The Balaban J connectivity index is 2.91. The van der Waals surface area contributed by atoms with E-state index in [0.29, 0.717) is 12.1 Å². The topological polar surface area (TPSA) is 92.4 Å². The molecule has 0 aromatic heterocycles. The highest BCUT2D eigenvalue weighted by atomic mass is 19.2. The summed E-state index contributed by atoms with van der Waals surface area (Å²) in [5, 5.41) is 10.3. The van der Waals surface area contributed by atoms with Crippen LogP contribution >= 0.6 is 0 Å². The van der Waals surface area contributed by atoms with Gasteiger partial charge in [-0.05, 0) is 6.07 Å². The fourth-order valence-electron chi connectivity index (χ4n) is 1.01. The van der Waals surface area contributed by atoms with Crippen LogP contribution in [0.1, 0.15) is 10.4 Å². The summed E-state index contributed by atoms with van der Waals surface area (Å²) in [6, 6.07) is 1.27. The summed E-state index contributed by atoms with van der Waals surface area (Å²) in [6.07, 6.45) is 0. The Morgan fingerprint density at radius 1 is 1.31 bits per heavy atom. The fourth-order valence-corrected chi connectivity index (χ4v) is 1.01. The maximum atomic E-state index is 12.8. The summed E-state index contributed by atoms with van der Waals surface area (Å²) in [5.74, 6) is -4.53. The van der Waals surface area contributed by atoms with Crippen molar-refractivity contribution < 1.29 is 23.5 Å². The molecule has 0 aliphatic rings. The predicted molar refractivity (Wildman–Crippen MR) is 50.7 cm³/mol. The zero-order chi connectivity index (χ0) is 12.3. The van der Waals surface area contributed by atoms with E-state index in [0.717, 1.165) is 0 Å². The molecule has 1 amide bonds. The van der Waals surface area contributed by atoms with Gasteiger partial charge in [0.1, 0.15) is 6.54 Å². The maximum absolute atomic E-state index is 12.8. The number of rotatable bonds is 3. The van der Waals surface area contributed by atoms with Gasteiger partial charge in [-0.2, -0.15) is 0 Å². The van der Waals surface area contributed by atoms with Crippen molar-refractivity contribution >= 4 is 17.6 Å². The van der Waals surface area contributed by atoms with Crippen LogP contribution in [0.5, 0.6) is 0 Å². The minimum atomic E-state index is -1.26. The number of hydrogen-bond acceptors (Lipinski definition) is 3. The molecule has 0 bridgehead atoms. The van der Waals surface area contributed by atoms with E-state index in [9.17, 15) is 18.4 Å². The summed E-state index contributed by atoms with van der Waals surface area (Å²) in [4.78, 5) is 21.5. The quantitative estimate of drug-likeness (QED) is 0.654. The van der Waals surface area contributed by atoms with E-state index in [2.05, 4.69) is 0 Å². The van der Waals surface area contributed by atoms with Gasteiger partial charge >= 0.3 is 5.97 Å². The molecule has 0 atom stereocenters. The van der Waals surface area contributed by atoms with Gasteiger partial charge < -0.3 is 16.2 Å². The van der Waals surface area contributed by atoms with Crippen LogP contribution in [0.15, 0.2) is 12.1 Å². The van der Waals surface area contributed by atoms with Crippen LogP contribution in [0.3, 0.4) is 0 Å². The minimum Gasteiger partial charge on any atom is -0.480 e. The molecule has 1 aromatic rings. The van der Waals surface area contributed by atoms with Crippen LogP contribution in [-0.4, -0.2) is 23.5 Å². The number of benzene rings is 1. The van der Waals surface area contributed by atoms with E-state index in [1.165, 1.54) is 0 Å². The van der Waals surface area contributed by atoms with Gasteiger partial charge in [-0.25, -0.2) is 8.78 Å². The number of carboxylic acids is 1. The van der Waals surface area contributed by atoms with E-state index in [-0.39, 0.29) is 11.3 Å². The molecule has 16 heavy (non-hydrogen) atoms. The predicted octanol–water partition coefficient (Wildman–Crippen LogP) is 0.361. The van der Waals surface area contributed by atoms with E-state index in [1.54, 1.807) is 0 Å². The zero-order valence-corrected chi connectivity index (χ0v) is 7.96. The lowest BCUT2D eigenvalue weighted by Crippen LogP contribution is -2.30. The van der Waals surface area contributed by atoms with Gasteiger partial charge in [-0.3, -0.25) is 9.59 Å². The number of nitrogens with two attached hydrogens (primary N) is 1. The van der Waals surface area contributed by atoms with Crippen molar-refractivity contribution in [2.24, 2.45) is 0 Å². The van der Waals surface area contributed by atoms with Crippen LogP contribution in [0.2, 0.25) is 0 Å². The second-order valence-corrected chi connectivity index (χ2v) is 2.93. The SMILES string of the molecule is Nc1cc(F)c(F)cc1C(=O)NCC(=O)O. The average molecular weight is 230 g/mol. The Kier molecular flexibility index (Phi) is 3.39. The molecule has 0 saturated heterocycles. The van der Waals surface area contributed by atoms with Gasteiger partial charge in [-0.1, -0.05) is 0 Å². The van der Waals surface area contributed by atoms with Crippen LogP contribution in [0.4, 0.5) is 14.5 Å². The molecule has 0 radical (unpaired) electrons. The molecule has 1 aromatic carbocycles. The van der Waals surface area contributed by atoms with Crippen molar-refractivity contribution in [2.45, 2.75) is 0 Å². The lowest BCUT2D eigenvalue weighted by atomic mass is 10.1. The summed E-state index contributed by atoms with van der Waals surface area (Å²) in [7, 11) is 0. The fraction of sp³-hybridized carbons (Fsp3) is 0.111. The Morgan fingerprint density at radius 3 is 2.44 bits per heavy atom. The summed E-state index contributed by atoms with van der Waals surface area (Å²) in [5.41, 5.74) is 4.71. The minimum absolute atomic E-state index is 0.262. The molecule has 5 nitrogen and oxygen atoms in total. The molecule has 0 aliphatic heterocycles. The standard InChI is InChI=1S/C9H8F2N2O3/c10-5-1-4(7(12)2-6(5)11)9(16)13-3-8(14)15/h1-2H,3,12H2,(H,13,16)(H,14,15). The van der Waals surface area contributed by atoms with E-state index < -0.39 is 30.1 Å². The van der Waals surface area contributed by atoms with Crippen molar-refractivity contribution in [2.75, 3.05) is 12.3 Å². The Labute approximate surface area is 88.9 Å². The van der Waals surface area contributed by atoms with Crippen molar-refractivity contribution in [3.8, 4) is 0 Å². The highest BCUT2D eigenvalue weighted by Gasteiger charge is 2.14. The summed E-state index contributed by atoms with van der Waals surface area (Å²) >= 11 is 0. The second-order valence-electron chi connectivity index (χ2n) is 2.93. The third kappa shape index (κ3) is 2.66. The highest BCUT2D eigenvalue weighted by Crippen LogP contribution is 2.16. The van der Waals surface area contributed by atoms with E-state index >= 15 is 0 Å².